The van der Waals surface area contributed by atoms with E-state index in [2.05, 4.69) is 111 Å². The minimum Gasteiger partial charge on any atom is -0.756 e. The van der Waals surface area contributed by atoms with Crippen LogP contribution in [-0.4, -0.2) is 69.4 Å². The Morgan fingerprint density at radius 3 is 1.15 bits per heavy atom. The Morgan fingerprint density at radius 2 is 0.753 bits per heavy atom. The maximum Gasteiger partial charge on any atom is 0.306 e. The molecule has 9 nitrogen and oxygen atoms in total. The van der Waals surface area contributed by atoms with Crippen molar-refractivity contribution in [2.75, 3.05) is 40.9 Å². The number of hydrogen-bond donors (Lipinski definition) is 1. The van der Waals surface area contributed by atoms with Gasteiger partial charge in [0.25, 0.3) is 7.82 Å². The molecule has 81 heavy (non-hydrogen) atoms. The first-order valence-electron chi connectivity index (χ1n) is 33.5. The average molecular weight is 1150 g/mol. The van der Waals surface area contributed by atoms with Gasteiger partial charge in [-0.2, -0.15) is 0 Å². The molecule has 0 aliphatic rings. The van der Waals surface area contributed by atoms with Crippen LogP contribution in [0.4, 0.5) is 0 Å². The van der Waals surface area contributed by atoms with E-state index in [1.807, 2.05) is 33.3 Å². The molecule has 0 saturated carbocycles. The van der Waals surface area contributed by atoms with E-state index in [4.69, 9.17) is 13.8 Å². The Morgan fingerprint density at radius 1 is 0.432 bits per heavy atom. The van der Waals surface area contributed by atoms with E-state index < -0.39 is 26.6 Å². The SMILES string of the molecule is CCCCC/C=C\C/C=C\C/C=C\C/C=C\CCCCCCCCCCCC(=O)NC(COP(=O)([O-])OCC[N+](C)(C)C)C(/C=C\CCCCCCCCCCCCC)OC(=O)CCCCCC/C=C\C/C=C\C/C=C\CCCCC. The molecular formula is C71H127N2O7P. The zero-order valence-electron chi connectivity index (χ0n) is 53.5. The van der Waals surface area contributed by atoms with Gasteiger partial charge in [-0.25, -0.2) is 0 Å². The number of nitrogens with zero attached hydrogens (tertiary/aromatic N) is 1. The normalized spacial score (nSPS) is 14.2. The molecule has 1 N–H and O–H groups in total. The van der Waals surface area contributed by atoms with Gasteiger partial charge < -0.3 is 28.5 Å². The third-order valence-electron chi connectivity index (χ3n) is 14.5. The summed E-state index contributed by atoms with van der Waals surface area (Å²) in [5.41, 5.74) is 0. The Kier molecular flexibility index (Phi) is 57.8. The summed E-state index contributed by atoms with van der Waals surface area (Å²) in [7, 11) is 1.16. The van der Waals surface area contributed by atoms with Gasteiger partial charge in [0.15, 0.2) is 0 Å². The van der Waals surface area contributed by atoms with Gasteiger partial charge in [-0.05, 0) is 115 Å². The van der Waals surface area contributed by atoms with Crippen LogP contribution in [-0.2, 0) is 27.9 Å². The highest BCUT2D eigenvalue weighted by Gasteiger charge is 2.27. The summed E-state index contributed by atoms with van der Waals surface area (Å²) in [6.45, 7) is 6.78. The molecular weight excluding hydrogens is 1020 g/mol. The summed E-state index contributed by atoms with van der Waals surface area (Å²) < 4.78 is 30.4. The number of esters is 1. The van der Waals surface area contributed by atoms with Crippen molar-refractivity contribution in [1.82, 2.24) is 5.32 Å². The first kappa shape index (κ1) is 77.9. The van der Waals surface area contributed by atoms with Crippen molar-refractivity contribution in [3.05, 3.63) is 97.2 Å². The minimum atomic E-state index is -4.71. The van der Waals surface area contributed by atoms with Crippen molar-refractivity contribution in [1.29, 1.82) is 0 Å². The number of ether oxygens (including phenoxy) is 1. The molecule has 0 aliphatic carbocycles. The molecule has 0 aliphatic heterocycles. The number of unbranched alkanes of at least 4 members (excludes halogenated alkanes) is 30. The van der Waals surface area contributed by atoms with Gasteiger partial charge in [-0.3, -0.25) is 14.2 Å². The number of carbonyl (C=O) groups excluding carboxylic acids is 2. The van der Waals surface area contributed by atoms with E-state index in [1.165, 1.54) is 141 Å². The molecule has 0 fully saturated rings. The minimum absolute atomic E-state index is 0.0314. The first-order valence-corrected chi connectivity index (χ1v) is 35.0. The Bertz CT molecular complexity index is 1710. The van der Waals surface area contributed by atoms with Crippen LogP contribution in [0.15, 0.2) is 97.2 Å². The van der Waals surface area contributed by atoms with E-state index >= 15 is 0 Å². The Hall–Kier alpha value is -3.07. The van der Waals surface area contributed by atoms with Crippen molar-refractivity contribution in [3.63, 3.8) is 0 Å². The van der Waals surface area contributed by atoms with E-state index in [9.17, 15) is 19.0 Å². The number of phosphoric acid groups is 1. The largest absolute Gasteiger partial charge is 0.756 e. The van der Waals surface area contributed by atoms with Crippen LogP contribution in [0.3, 0.4) is 0 Å². The predicted octanol–water partition coefficient (Wildman–Crippen LogP) is 20.5. The molecule has 1 amide bonds. The number of nitrogens with one attached hydrogen (secondary N) is 1. The Labute approximate surface area is 500 Å². The first-order chi connectivity index (χ1) is 39.4. The van der Waals surface area contributed by atoms with E-state index in [1.54, 1.807) is 0 Å². The van der Waals surface area contributed by atoms with Gasteiger partial charge in [0.05, 0.1) is 33.8 Å². The van der Waals surface area contributed by atoms with Crippen LogP contribution < -0.4 is 10.2 Å². The predicted molar refractivity (Wildman–Crippen MR) is 348 cm³/mol. The molecule has 0 spiro atoms. The van der Waals surface area contributed by atoms with Crippen molar-refractivity contribution in [2.24, 2.45) is 0 Å². The highest BCUT2D eigenvalue weighted by Crippen LogP contribution is 2.38. The number of quaternary nitrogens is 1. The van der Waals surface area contributed by atoms with Gasteiger partial charge in [0, 0.05) is 12.8 Å². The molecule has 468 valence electrons. The average Bonchev–Trinajstić information content (AvgIpc) is 3.44. The highest BCUT2D eigenvalue weighted by atomic mass is 31.2. The molecule has 0 aromatic rings. The summed E-state index contributed by atoms with van der Waals surface area (Å²) in [5, 5.41) is 3.03. The van der Waals surface area contributed by atoms with Crippen LogP contribution in [0.5, 0.6) is 0 Å². The number of amides is 1. The number of hydrogen-bond acceptors (Lipinski definition) is 7. The summed E-state index contributed by atoms with van der Waals surface area (Å²) in [5.74, 6) is -0.572. The highest BCUT2D eigenvalue weighted by molar-refractivity contribution is 7.45. The number of allylic oxidation sites excluding steroid dienone is 15. The standard InChI is InChI=1S/C71H127N2O7P/c1-7-10-13-16-19-22-25-28-30-32-33-34-35-36-37-38-39-41-42-45-48-51-54-57-60-63-70(74)72-68(67-79-81(76,77)78-66-65-73(4,5)6)69(62-59-56-53-50-47-44-27-24-21-18-15-12-9-3)80-71(75)64-61-58-55-52-49-46-43-40-31-29-26-23-20-17-14-11-8-2/h19-20,22-23,28-31,33-34,36-37,43,46,59,62,68-69H,7-18,21,24-27,32,35,38-42,44-45,47-58,60-61,63-67H2,1-6H3,(H-,72,74,76,77)/b22-19-,23-20-,30-28-,31-29-,34-33-,37-36-,46-43-,62-59-. The number of phosphoric ester groups is 1. The molecule has 0 aromatic carbocycles. The van der Waals surface area contributed by atoms with Gasteiger partial charge in [-0.15, -0.1) is 0 Å². The molecule has 3 unspecified atom stereocenters. The summed E-state index contributed by atoms with van der Waals surface area (Å²) in [6.07, 6.45) is 80.8. The van der Waals surface area contributed by atoms with Crippen LogP contribution in [0.2, 0.25) is 0 Å². The zero-order valence-corrected chi connectivity index (χ0v) is 54.4. The molecule has 0 bridgehead atoms. The third kappa shape index (κ3) is 61.3. The second kappa shape index (κ2) is 60.1. The smallest absolute Gasteiger partial charge is 0.306 e. The van der Waals surface area contributed by atoms with Crippen molar-refractivity contribution in [3.8, 4) is 0 Å². The fraction of sp³-hybridized carbons (Fsp3) is 0.746. The molecule has 0 aromatic heterocycles. The lowest BCUT2D eigenvalue weighted by Crippen LogP contribution is -2.47. The lowest BCUT2D eigenvalue weighted by molar-refractivity contribution is -0.870. The summed E-state index contributed by atoms with van der Waals surface area (Å²) in [6, 6.07) is -0.907. The second-order valence-electron chi connectivity index (χ2n) is 23.6. The topological polar surface area (TPSA) is 114 Å². The van der Waals surface area contributed by atoms with Crippen molar-refractivity contribution < 1.29 is 37.3 Å². The van der Waals surface area contributed by atoms with Gasteiger partial charge in [-0.1, -0.05) is 260 Å². The summed E-state index contributed by atoms with van der Waals surface area (Å²) >= 11 is 0. The molecule has 3 atom stereocenters. The summed E-state index contributed by atoms with van der Waals surface area (Å²) in [4.78, 5) is 40.1. The molecule has 0 heterocycles. The molecule has 0 rings (SSSR count). The van der Waals surface area contributed by atoms with Crippen molar-refractivity contribution >= 4 is 19.7 Å². The van der Waals surface area contributed by atoms with Crippen LogP contribution in [0.1, 0.15) is 290 Å². The third-order valence-corrected chi connectivity index (χ3v) is 15.5. The van der Waals surface area contributed by atoms with Gasteiger partial charge in [0.2, 0.25) is 5.91 Å². The van der Waals surface area contributed by atoms with Crippen LogP contribution >= 0.6 is 7.82 Å². The van der Waals surface area contributed by atoms with E-state index in [0.717, 1.165) is 109 Å². The molecule has 0 radical (unpaired) electrons. The second-order valence-corrected chi connectivity index (χ2v) is 25.0. The number of rotatable bonds is 60. The van der Waals surface area contributed by atoms with Crippen molar-refractivity contribution in [2.45, 2.75) is 303 Å². The number of carbonyl (C=O) groups is 2. The van der Waals surface area contributed by atoms with Crippen LogP contribution in [0, 0.1) is 0 Å². The fourth-order valence-electron chi connectivity index (χ4n) is 9.28. The zero-order chi connectivity index (χ0) is 59.3. The van der Waals surface area contributed by atoms with Gasteiger partial charge in [0.1, 0.15) is 19.3 Å². The van der Waals surface area contributed by atoms with E-state index in [0.29, 0.717) is 23.9 Å². The van der Waals surface area contributed by atoms with Gasteiger partial charge >= 0.3 is 5.97 Å². The lowest BCUT2D eigenvalue weighted by Gasteiger charge is -2.30. The maximum absolute atomic E-state index is 13.6. The Balaban J connectivity index is 5.21. The molecule has 0 saturated heterocycles. The molecule has 10 heteroatoms. The fourth-order valence-corrected chi connectivity index (χ4v) is 10.0. The lowest BCUT2D eigenvalue weighted by atomic mass is 10.0. The maximum atomic E-state index is 13.6. The number of likely N-dealkylation sites (N-methyl/N-ethyl adjacent to an activating group) is 1. The quantitative estimate of drug-likeness (QED) is 0.0212. The van der Waals surface area contributed by atoms with Crippen LogP contribution in [0.25, 0.3) is 0 Å². The van der Waals surface area contributed by atoms with E-state index in [-0.39, 0.29) is 24.9 Å². The monoisotopic (exact) mass is 1150 g/mol.